The van der Waals surface area contributed by atoms with E-state index in [1.165, 1.54) is 6.33 Å². The molecule has 0 saturated carbocycles. The van der Waals surface area contributed by atoms with Crippen LogP contribution in [-0.2, 0) is 23.1 Å². The maximum absolute atomic E-state index is 12.6. The van der Waals surface area contributed by atoms with Crippen molar-refractivity contribution >= 4 is 17.1 Å². The Kier molecular flexibility index (Phi) is 5.09. The van der Waals surface area contributed by atoms with Crippen molar-refractivity contribution in [3.8, 4) is 17.3 Å². The van der Waals surface area contributed by atoms with Crippen LogP contribution in [0.2, 0.25) is 0 Å². The SMILES string of the molecule is CCn1ncc(-c2nc3c(O[C@H]4CCN(C(=O)C5CCCO5)C4)ncnc3n2C)c1C. The number of carbonyl (C=O) groups excluding carboxylic acids is 1. The third-order valence-electron chi connectivity index (χ3n) is 6.21. The Labute approximate surface area is 180 Å². The van der Waals surface area contributed by atoms with Crippen LogP contribution in [0.5, 0.6) is 5.88 Å². The molecule has 2 aliphatic rings. The Bertz CT molecular complexity index is 1120. The van der Waals surface area contributed by atoms with Gasteiger partial charge in [0, 0.05) is 38.9 Å². The Balaban J connectivity index is 1.38. The lowest BCUT2D eigenvalue weighted by molar-refractivity contribution is -0.140. The van der Waals surface area contributed by atoms with Crippen molar-refractivity contribution in [3.63, 3.8) is 0 Å². The predicted octanol–water partition coefficient (Wildman–Crippen LogP) is 1.71. The second kappa shape index (κ2) is 7.92. The van der Waals surface area contributed by atoms with Gasteiger partial charge in [0.25, 0.3) is 5.91 Å². The summed E-state index contributed by atoms with van der Waals surface area (Å²) in [6, 6.07) is 0. The first-order valence-corrected chi connectivity index (χ1v) is 10.8. The molecule has 3 aromatic rings. The summed E-state index contributed by atoms with van der Waals surface area (Å²) < 4.78 is 15.6. The first-order valence-electron chi connectivity index (χ1n) is 10.8. The normalized spacial score (nSPS) is 21.3. The van der Waals surface area contributed by atoms with Crippen LogP contribution in [0.15, 0.2) is 12.5 Å². The average molecular weight is 425 g/mol. The molecule has 1 amide bonds. The molecular formula is C21H27N7O3. The number of imidazole rings is 1. The fourth-order valence-corrected chi connectivity index (χ4v) is 4.45. The molecule has 164 valence electrons. The van der Waals surface area contributed by atoms with Gasteiger partial charge >= 0.3 is 0 Å². The van der Waals surface area contributed by atoms with Crippen molar-refractivity contribution in [3.05, 3.63) is 18.2 Å². The Morgan fingerprint density at radius 1 is 1.32 bits per heavy atom. The summed E-state index contributed by atoms with van der Waals surface area (Å²) in [5.74, 6) is 1.29. The zero-order valence-electron chi connectivity index (χ0n) is 18.1. The van der Waals surface area contributed by atoms with Gasteiger partial charge in [-0.15, -0.1) is 0 Å². The van der Waals surface area contributed by atoms with Crippen LogP contribution >= 0.6 is 0 Å². The molecule has 1 unspecified atom stereocenters. The predicted molar refractivity (Wildman–Crippen MR) is 113 cm³/mol. The summed E-state index contributed by atoms with van der Waals surface area (Å²) >= 11 is 0. The Hall–Kier alpha value is -3.01. The van der Waals surface area contributed by atoms with Crippen LogP contribution in [0, 0.1) is 6.92 Å². The molecule has 3 aromatic heterocycles. The van der Waals surface area contributed by atoms with E-state index in [0.29, 0.717) is 36.7 Å². The van der Waals surface area contributed by atoms with E-state index in [9.17, 15) is 4.79 Å². The minimum atomic E-state index is -0.296. The summed E-state index contributed by atoms with van der Waals surface area (Å²) in [7, 11) is 1.93. The topological polar surface area (TPSA) is 100 Å². The maximum Gasteiger partial charge on any atom is 0.251 e. The lowest BCUT2D eigenvalue weighted by Gasteiger charge is -2.20. The molecule has 2 fully saturated rings. The van der Waals surface area contributed by atoms with Crippen molar-refractivity contribution in [2.45, 2.75) is 51.9 Å². The van der Waals surface area contributed by atoms with Crippen LogP contribution in [-0.4, -0.2) is 72.0 Å². The van der Waals surface area contributed by atoms with E-state index in [1.807, 2.05) is 34.3 Å². The number of carbonyl (C=O) groups is 1. The Morgan fingerprint density at radius 2 is 2.19 bits per heavy atom. The van der Waals surface area contributed by atoms with Crippen molar-refractivity contribution in [1.29, 1.82) is 0 Å². The molecule has 31 heavy (non-hydrogen) atoms. The van der Waals surface area contributed by atoms with Gasteiger partial charge in [-0.25, -0.2) is 9.97 Å². The number of nitrogens with zero attached hydrogens (tertiary/aromatic N) is 7. The minimum absolute atomic E-state index is 0.0694. The lowest BCUT2D eigenvalue weighted by atomic mass is 10.2. The van der Waals surface area contributed by atoms with Crippen LogP contribution in [0.3, 0.4) is 0 Å². The molecule has 0 N–H and O–H groups in total. The van der Waals surface area contributed by atoms with Gasteiger partial charge in [0.15, 0.2) is 11.2 Å². The van der Waals surface area contributed by atoms with Crippen LogP contribution in [0.1, 0.15) is 31.9 Å². The molecule has 2 saturated heterocycles. The van der Waals surface area contributed by atoms with Crippen molar-refractivity contribution in [2.75, 3.05) is 19.7 Å². The van der Waals surface area contributed by atoms with Gasteiger partial charge < -0.3 is 18.9 Å². The van der Waals surface area contributed by atoms with Crippen LogP contribution in [0.4, 0.5) is 0 Å². The number of hydrogen-bond donors (Lipinski definition) is 0. The number of rotatable bonds is 5. The molecule has 0 bridgehead atoms. The standard InChI is InChI=1S/C21H27N7O3/c1-4-28-13(2)15(10-24-28)18-25-17-19(26(18)3)22-12-23-20(17)31-14-7-8-27(11-14)21(29)16-6-5-9-30-16/h10,12,14,16H,4-9,11H2,1-3H3/t14-,16?/m0/s1. The molecule has 10 nitrogen and oxygen atoms in total. The van der Waals surface area contributed by atoms with E-state index in [0.717, 1.165) is 42.9 Å². The number of aromatic nitrogens is 6. The molecule has 2 atom stereocenters. The quantitative estimate of drug-likeness (QED) is 0.613. The van der Waals surface area contributed by atoms with E-state index in [-0.39, 0.29) is 18.1 Å². The van der Waals surface area contributed by atoms with Gasteiger partial charge in [-0.3, -0.25) is 9.48 Å². The zero-order valence-corrected chi connectivity index (χ0v) is 18.1. The lowest BCUT2D eigenvalue weighted by Crippen LogP contribution is -2.38. The Morgan fingerprint density at radius 3 is 2.94 bits per heavy atom. The van der Waals surface area contributed by atoms with E-state index >= 15 is 0 Å². The fourth-order valence-electron chi connectivity index (χ4n) is 4.45. The molecular weight excluding hydrogens is 398 g/mol. The molecule has 5 rings (SSSR count). The number of fused-ring (bicyclic) bond motifs is 1. The monoisotopic (exact) mass is 425 g/mol. The average Bonchev–Trinajstić information content (AvgIpc) is 3.56. The van der Waals surface area contributed by atoms with Crippen LogP contribution < -0.4 is 4.74 Å². The van der Waals surface area contributed by atoms with Crippen molar-refractivity contribution in [2.24, 2.45) is 7.05 Å². The van der Waals surface area contributed by atoms with Crippen molar-refractivity contribution in [1.82, 2.24) is 34.2 Å². The molecule has 5 heterocycles. The van der Waals surface area contributed by atoms with E-state index in [2.05, 4.69) is 22.0 Å². The molecule has 0 spiro atoms. The third-order valence-corrected chi connectivity index (χ3v) is 6.21. The fraction of sp³-hybridized carbons (Fsp3) is 0.571. The first-order chi connectivity index (χ1) is 15.1. The number of likely N-dealkylation sites (tertiary alicyclic amines) is 1. The molecule has 0 aromatic carbocycles. The highest BCUT2D eigenvalue weighted by Gasteiger charge is 2.34. The van der Waals surface area contributed by atoms with Crippen LogP contribution in [0.25, 0.3) is 22.6 Å². The molecule has 2 aliphatic heterocycles. The highest BCUT2D eigenvalue weighted by Crippen LogP contribution is 2.30. The molecule has 10 heteroatoms. The molecule has 0 aliphatic carbocycles. The van der Waals surface area contributed by atoms with Gasteiger partial charge in [0.05, 0.1) is 18.3 Å². The second-order valence-electron chi connectivity index (χ2n) is 8.12. The third kappa shape index (κ3) is 3.44. The number of ether oxygens (including phenoxy) is 2. The number of hydrogen-bond acceptors (Lipinski definition) is 7. The van der Waals surface area contributed by atoms with Gasteiger partial charge in [-0.2, -0.15) is 10.1 Å². The van der Waals surface area contributed by atoms with E-state index in [1.54, 1.807) is 0 Å². The highest BCUT2D eigenvalue weighted by atomic mass is 16.5. The summed E-state index contributed by atoms with van der Waals surface area (Å²) in [6.45, 7) is 6.76. The van der Waals surface area contributed by atoms with Gasteiger partial charge in [0.1, 0.15) is 24.4 Å². The second-order valence-corrected chi connectivity index (χ2v) is 8.12. The zero-order chi connectivity index (χ0) is 21.5. The summed E-state index contributed by atoms with van der Waals surface area (Å²) in [6.07, 6.45) is 5.41. The largest absolute Gasteiger partial charge is 0.471 e. The van der Waals surface area contributed by atoms with Crippen molar-refractivity contribution < 1.29 is 14.3 Å². The smallest absolute Gasteiger partial charge is 0.251 e. The summed E-state index contributed by atoms with van der Waals surface area (Å²) in [5, 5.41) is 4.43. The summed E-state index contributed by atoms with van der Waals surface area (Å²) in [4.78, 5) is 28.0. The summed E-state index contributed by atoms with van der Waals surface area (Å²) in [5.41, 5.74) is 3.33. The molecule has 0 radical (unpaired) electrons. The van der Waals surface area contributed by atoms with Gasteiger partial charge in [0.2, 0.25) is 5.88 Å². The highest BCUT2D eigenvalue weighted by molar-refractivity contribution is 5.82. The van der Waals surface area contributed by atoms with E-state index < -0.39 is 0 Å². The van der Waals surface area contributed by atoms with Gasteiger partial charge in [-0.1, -0.05) is 0 Å². The number of amides is 1. The first kappa shape index (κ1) is 19.9. The number of aryl methyl sites for hydroxylation is 2. The van der Waals surface area contributed by atoms with Gasteiger partial charge in [-0.05, 0) is 26.7 Å². The minimum Gasteiger partial charge on any atom is -0.471 e. The van der Waals surface area contributed by atoms with E-state index in [4.69, 9.17) is 14.5 Å². The maximum atomic E-state index is 12.6.